The molecule has 0 bridgehead atoms. The molecule has 2 nitrogen and oxygen atoms in total. The van der Waals surface area contributed by atoms with E-state index in [9.17, 15) is 0 Å². The fraction of sp³-hybridized carbons (Fsp3) is 0.133. The molecular weight excluding hydrogens is 246 g/mol. The summed E-state index contributed by atoms with van der Waals surface area (Å²) in [5.41, 5.74) is 4.71. The molecule has 18 heavy (non-hydrogen) atoms. The van der Waals surface area contributed by atoms with Gasteiger partial charge in [0, 0.05) is 5.56 Å². The van der Waals surface area contributed by atoms with Crippen LogP contribution in [0.15, 0.2) is 40.8 Å². The van der Waals surface area contributed by atoms with Gasteiger partial charge in [0.25, 0.3) is 0 Å². The molecule has 90 valence electrons. The summed E-state index contributed by atoms with van der Waals surface area (Å²) in [4.78, 5) is 4.53. The van der Waals surface area contributed by atoms with Crippen molar-refractivity contribution in [1.82, 2.24) is 4.98 Å². The highest BCUT2D eigenvalue weighted by molar-refractivity contribution is 6.34. The molecule has 0 fully saturated rings. The van der Waals surface area contributed by atoms with Gasteiger partial charge in [0.2, 0.25) is 5.89 Å². The Morgan fingerprint density at radius 1 is 1.11 bits per heavy atom. The van der Waals surface area contributed by atoms with Crippen molar-refractivity contribution in [3.05, 3.63) is 52.5 Å². The molecule has 0 saturated carbocycles. The topological polar surface area (TPSA) is 26.0 Å². The lowest BCUT2D eigenvalue weighted by atomic mass is 10.1. The highest BCUT2D eigenvalue weighted by Crippen LogP contribution is 2.31. The molecule has 1 heterocycles. The van der Waals surface area contributed by atoms with Crippen molar-refractivity contribution >= 4 is 22.7 Å². The van der Waals surface area contributed by atoms with Crippen LogP contribution in [0.2, 0.25) is 5.02 Å². The van der Waals surface area contributed by atoms with Gasteiger partial charge < -0.3 is 4.42 Å². The highest BCUT2D eigenvalue weighted by Gasteiger charge is 2.12. The quantitative estimate of drug-likeness (QED) is 0.628. The highest BCUT2D eigenvalue weighted by atomic mass is 35.5. The van der Waals surface area contributed by atoms with Crippen LogP contribution in [0.5, 0.6) is 0 Å². The first-order valence-electron chi connectivity index (χ1n) is 5.78. The third-order valence-electron chi connectivity index (χ3n) is 2.96. The SMILES string of the molecule is Cc1cccc(-c2nc3c(C)ccc(Cl)c3o2)c1. The van der Waals surface area contributed by atoms with Gasteiger partial charge in [0.15, 0.2) is 5.58 Å². The Bertz CT molecular complexity index is 691. The van der Waals surface area contributed by atoms with Crippen LogP contribution < -0.4 is 0 Å². The summed E-state index contributed by atoms with van der Waals surface area (Å²) < 4.78 is 5.78. The third-order valence-corrected chi connectivity index (χ3v) is 3.26. The number of fused-ring (bicyclic) bond motifs is 1. The number of hydrogen-bond acceptors (Lipinski definition) is 2. The molecule has 0 saturated heterocycles. The maximum Gasteiger partial charge on any atom is 0.227 e. The van der Waals surface area contributed by atoms with Crippen molar-refractivity contribution in [3.63, 3.8) is 0 Å². The van der Waals surface area contributed by atoms with Crippen molar-refractivity contribution in [2.24, 2.45) is 0 Å². The van der Waals surface area contributed by atoms with Gasteiger partial charge in [0.05, 0.1) is 5.02 Å². The van der Waals surface area contributed by atoms with E-state index in [0.717, 1.165) is 16.6 Å². The zero-order chi connectivity index (χ0) is 12.7. The Labute approximate surface area is 110 Å². The zero-order valence-corrected chi connectivity index (χ0v) is 11.0. The first kappa shape index (κ1) is 11.3. The molecule has 0 aliphatic carbocycles. The smallest absolute Gasteiger partial charge is 0.227 e. The number of aromatic nitrogens is 1. The second-order valence-corrected chi connectivity index (χ2v) is 4.84. The van der Waals surface area contributed by atoms with E-state index in [-0.39, 0.29) is 0 Å². The molecule has 0 N–H and O–H groups in total. The van der Waals surface area contributed by atoms with Crippen molar-refractivity contribution in [2.75, 3.05) is 0 Å². The van der Waals surface area contributed by atoms with Crippen molar-refractivity contribution in [2.45, 2.75) is 13.8 Å². The van der Waals surface area contributed by atoms with Crippen LogP contribution in [0.3, 0.4) is 0 Å². The van der Waals surface area contributed by atoms with Crippen LogP contribution in [0, 0.1) is 13.8 Å². The largest absolute Gasteiger partial charge is 0.435 e. The number of benzene rings is 2. The lowest BCUT2D eigenvalue weighted by Gasteiger charge is -1.96. The van der Waals surface area contributed by atoms with Crippen LogP contribution in [0.4, 0.5) is 0 Å². The standard InChI is InChI=1S/C15H12ClNO/c1-9-4-3-5-11(8-9)15-17-13-10(2)6-7-12(16)14(13)18-15/h3-8H,1-2H3. The molecule has 2 aromatic carbocycles. The Hall–Kier alpha value is -1.80. The molecule has 1 aromatic heterocycles. The second-order valence-electron chi connectivity index (χ2n) is 4.43. The van der Waals surface area contributed by atoms with E-state index in [1.165, 1.54) is 5.56 Å². The Kier molecular flexibility index (Phi) is 2.60. The van der Waals surface area contributed by atoms with Gasteiger partial charge in [-0.1, -0.05) is 35.4 Å². The van der Waals surface area contributed by atoms with Gasteiger partial charge in [-0.3, -0.25) is 0 Å². The molecule has 3 aromatic rings. The fourth-order valence-corrected chi connectivity index (χ4v) is 2.19. The summed E-state index contributed by atoms with van der Waals surface area (Å²) in [5.74, 6) is 0.616. The van der Waals surface area contributed by atoms with E-state index >= 15 is 0 Å². The first-order chi connectivity index (χ1) is 8.65. The summed E-state index contributed by atoms with van der Waals surface area (Å²) in [6.07, 6.45) is 0. The molecule has 0 radical (unpaired) electrons. The predicted octanol–water partition coefficient (Wildman–Crippen LogP) is 4.77. The Morgan fingerprint density at radius 2 is 1.94 bits per heavy atom. The van der Waals surface area contributed by atoms with E-state index in [1.807, 2.05) is 50.2 Å². The fourth-order valence-electron chi connectivity index (χ4n) is 2.00. The van der Waals surface area contributed by atoms with Crippen LogP contribution in [-0.4, -0.2) is 4.98 Å². The van der Waals surface area contributed by atoms with Crippen molar-refractivity contribution < 1.29 is 4.42 Å². The third kappa shape index (κ3) is 1.79. The molecule has 0 unspecified atom stereocenters. The van der Waals surface area contributed by atoms with E-state index in [4.69, 9.17) is 16.0 Å². The van der Waals surface area contributed by atoms with Crippen molar-refractivity contribution in [3.8, 4) is 11.5 Å². The predicted molar refractivity (Wildman–Crippen MR) is 73.9 cm³/mol. The second kappa shape index (κ2) is 4.14. The Balaban J connectivity index is 2.26. The van der Waals surface area contributed by atoms with Crippen molar-refractivity contribution in [1.29, 1.82) is 0 Å². The molecule has 0 aliphatic heterocycles. The normalized spacial score (nSPS) is 11.1. The van der Waals surface area contributed by atoms with Crippen LogP contribution in [-0.2, 0) is 0 Å². The van der Waals surface area contributed by atoms with E-state index in [0.29, 0.717) is 16.5 Å². The number of nitrogens with zero attached hydrogens (tertiary/aromatic N) is 1. The van der Waals surface area contributed by atoms with Crippen LogP contribution >= 0.6 is 11.6 Å². The van der Waals surface area contributed by atoms with E-state index in [1.54, 1.807) is 0 Å². The number of aryl methyl sites for hydroxylation is 2. The average Bonchev–Trinajstić information content (AvgIpc) is 2.80. The average molecular weight is 258 g/mol. The molecule has 3 rings (SSSR count). The number of hydrogen-bond donors (Lipinski definition) is 0. The monoisotopic (exact) mass is 257 g/mol. The van der Waals surface area contributed by atoms with Crippen LogP contribution in [0.25, 0.3) is 22.6 Å². The molecule has 0 atom stereocenters. The summed E-state index contributed by atoms with van der Waals surface area (Å²) in [6.45, 7) is 4.05. The summed E-state index contributed by atoms with van der Waals surface area (Å²) in [7, 11) is 0. The molecule has 0 amide bonds. The Morgan fingerprint density at radius 3 is 2.67 bits per heavy atom. The van der Waals surface area contributed by atoms with Gasteiger partial charge >= 0.3 is 0 Å². The lowest BCUT2D eigenvalue weighted by molar-refractivity contribution is 0.620. The molecule has 0 aliphatic rings. The summed E-state index contributed by atoms with van der Waals surface area (Å²) in [5, 5.41) is 0.599. The number of rotatable bonds is 1. The molecule has 3 heteroatoms. The van der Waals surface area contributed by atoms with Gasteiger partial charge in [-0.2, -0.15) is 0 Å². The molecule has 0 spiro atoms. The van der Waals surface area contributed by atoms with Crippen LogP contribution in [0.1, 0.15) is 11.1 Å². The van der Waals surface area contributed by atoms with E-state index < -0.39 is 0 Å². The minimum Gasteiger partial charge on any atom is -0.435 e. The molecular formula is C15H12ClNO. The first-order valence-corrected chi connectivity index (χ1v) is 6.15. The maximum absolute atomic E-state index is 6.13. The number of oxazole rings is 1. The minimum absolute atomic E-state index is 0.599. The lowest BCUT2D eigenvalue weighted by Crippen LogP contribution is -1.79. The summed E-state index contributed by atoms with van der Waals surface area (Å²) in [6, 6.07) is 11.9. The van der Waals surface area contributed by atoms with Gasteiger partial charge in [0.1, 0.15) is 5.52 Å². The zero-order valence-electron chi connectivity index (χ0n) is 10.2. The summed E-state index contributed by atoms with van der Waals surface area (Å²) >= 11 is 6.13. The van der Waals surface area contributed by atoms with Gasteiger partial charge in [-0.05, 0) is 37.6 Å². The maximum atomic E-state index is 6.13. The van der Waals surface area contributed by atoms with Gasteiger partial charge in [-0.15, -0.1) is 0 Å². The number of halogens is 1. The van der Waals surface area contributed by atoms with Gasteiger partial charge in [-0.25, -0.2) is 4.98 Å². The minimum atomic E-state index is 0.599. The van der Waals surface area contributed by atoms with E-state index in [2.05, 4.69) is 4.98 Å².